The van der Waals surface area contributed by atoms with Crippen molar-refractivity contribution in [3.63, 3.8) is 0 Å². The van der Waals surface area contributed by atoms with E-state index in [-0.39, 0.29) is 0 Å². The lowest BCUT2D eigenvalue weighted by Crippen LogP contribution is -2.21. The maximum Gasteiger partial charge on any atom is 0.127 e. The van der Waals surface area contributed by atoms with Crippen LogP contribution in [-0.4, -0.2) is 53.7 Å². The summed E-state index contributed by atoms with van der Waals surface area (Å²) in [6.45, 7) is 4.44. The fourth-order valence-corrected chi connectivity index (χ4v) is 1.77. The highest BCUT2D eigenvalue weighted by molar-refractivity contribution is 5.40. The van der Waals surface area contributed by atoms with E-state index in [0.717, 1.165) is 30.2 Å². The number of methoxy groups -OCH3 is 2. The summed E-state index contributed by atoms with van der Waals surface area (Å²) < 4.78 is 21.2. The van der Waals surface area contributed by atoms with Crippen molar-refractivity contribution in [2.45, 2.75) is 6.54 Å². The van der Waals surface area contributed by atoms with E-state index < -0.39 is 0 Å². The fourth-order valence-electron chi connectivity index (χ4n) is 1.77. The van der Waals surface area contributed by atoms with Gasteiger partial charge in [-0.15, -0.1) is 0 Å². The molecule has 0 aliphatic carbocycles. The molecule has 0 saturated heterocycles. The Kier molecular flexibility index (Phi) is 9.56. The summed E-state index contributed by atoms with van der Waals surface area (Å²) in [6.07, 6.45) is 0. The number of rotatable bonds is 12. The molecule has 3 N–H and O–H groups in total. The van der Waals surface area contributed by atoms with Gasteiger partial charge in [-0.3, -0.25) is 0 Å². The summed E-state index contributed by atoms with van der Waals surface area (Å²) >= 11 is 0. The van der Waals surface area contributed by atoms with Crippen molar-refractivity contribution in [2.75, 3.05) is 53.7 Å². The van der Waals surface area contributed by atoms with Crippen molar-refractivity contribution in [1.29, 1.82) is 0 Å². The number of ether oxygens (including phenoxy) is 4. The van der Waals surface area contributed by atoms with Crippen LogP contribution in [0.15, 0.2) is 18.2 Å². The quantitative estimate of drug-likeness (QED) is 0.556. The standard InChI is InChI=1S/C15H26N2O4/c1-18-14-4-3-13(15(11-14)19-2)12-17-6-8-21-10-9-20-7-5-16/h3-4,11,17H,5-10,12,16H2,1-2H3. The molecule has 0 heterocycles. The molecule has 6 heteroatoms. The Labute approximate surface area is 126 Å². The highest BCUT2D eigenvalue weighted by Crippen LogP contribution is 2.24. The fraction of sp³-hybridized carbons (Fsp3) is 0.600. The van der Waals surface area contributed by atoms with Gasteiger partial charge in [-0.1, -0.05) is 6.07 Å². The van der Waals surface area contributed by atoms with E-state index in [1.807, 2.05) is 18.2 Å². The number of benzene rings is 1. The van der Waals surface area contributed by atoms with E-state index in [9.17, 15) is 0 Å². The molecular formula is C15H26N2O4. The Morgan fingerprint density at radius 2 is 1.76 bits per heavy atom. The van der Waals surface area contributed by atoms with E-state index in [4.69, 9.17) is 24.7 Å². The minimum atomic E-state index is 0.547. The van der Waals surface area contributed by atoms with Crippen LogP contribution in [0.25, 0.3) is 0 Å². The number of nitrogens with one attached hydrogen (secondary N) is 1. The van der Waals surface area contributed by atoms with Crippen LogP contribution in [0, 0.1) is 0 Å². The SMILES string of the molecule is COc1ccc(CNCCOCCOCCN)c(OC)c1. The zero-order valence-corrected chi connectivity index (χ0v) is 12.9. The molecule has 0 aliphatic rings. The highest BCUT2D eigenvalue weighted by Gasteiger charge is 2.04. The smallest absolute Gasteiger partial charge is 0.127 e. The van der Waals surface area contributed by atoms with E-state index in [0.29, 0.717) is 33.0 Å². The van der Waals surface area contributed by atoms with Crippen LogP contribution < -0.4 is 20.5 Å². The number of hydrogen-bond donors (Lipinski definition) is 2. The lowest BCUT2D eigenvalue weighted by atomic mass is 10.2. The molecule has 0 spiro atoms. The largest absolute Gasteiger partial charge is 0.497 e. The molecule has 21 heavy (non-hydrogen) atoms. The van der Waals surface area contributed by atoms with E-state index in [1.165, 1.54) is 0 Å². The van der Waals surface area contributed by atoms with Gasteiger partial charge in [0.15, 0.2) is 0 Å². The molecule has 0 unspecified atom stereocenters. The number of nitrogens with two attached hydrogens (primary N) is 1. The second-order valence-electron chi connectivity index (χ2n) is 4.37. The summed E-state index contributed by atoms with van der Waals surface area (Å²) in [6, 6.07) is 5.79. The van der Waals surface area contributed by atoms with Crippen LogP contribution in [0.5, 0.6) is 11.5 Å². The molecule has 0 radical (unpaired) electrons. The summed E-state index contributed by atoms with van der Waals surface area (Å²) in [7, 11) is 3.30. The lowest BCUT2D eigenvalue weighted by Gasteiger charge is -2.11. The Hall–Kier alpha value is -1.34. The molecule has 6 nitrogen and oxygen atoms in total. The van der Waals surface area contributed by atoms with E-state index in [1.54, 1.807) is 14.2 Å². The van der Waals surface area contributed by atoms with Crippen molar-refractivity contribution in [1.82, 2.24) is 5.32 Å². The Balaban J connectivity index is 2.15. The van der Waals surface area contributed by atoms with Crippen LogP contribution in [0.2, 0.25) is 0 Å². The Morgan fingerprint density at radius 1 is 1.00 bits per heavy atom. The first kappa shape index (κ1) is 17.7. The van der Waals surface area contributed by atoms with Gasteiger partial charge in [0.1, 0.15) is 11.5 Å². The van der Waals surface area contributed by atoms with Crippen molar-refractivity contribution in [3.8, 4) is 11.5 Å². The van der Waals surface area contributed by atoms with Gasteiger partial charge in [0.25, 0.3) is 0 Å². The van der Waals surface area contributed by atoms with Crippen molar-refractivity contribution >= 4 is 0 Å². The zero-order chi connectivity index (χ0) is 15.3. The van der Waals surface area contributed by atoms with Gasteiger partial charge >= 0.3 is 0 Å². The zero-order valence-electron chi connectivity index (χ0n) is 12.9. The molecule has 0 aromatic heterocycles. The Bertz CT molecular complexity index is 388. The maximum absolute atomic E-state index is 5.43. The van der Waals surface area contributed by atoms with E-state index in [2.05, 4.69) is 5.32 Å². The molecule has 0 fully saturated rings. The molecule has 0 bridgehead atoms. The van der Waals surface area contributed by atoms with Crippen LogP contribution >= 0.6 is 0 Å². The molecule has 1 rings (SSSR count). The summed E-state index contributed by atoms with van der Waals surface area (Å²) in [5.41, 5.74) is 6.40. The first-order chi connectivity index (χ1) is 10.3. The summed E-state index contributed by atoms with van der Waals surface area (Å²) in [5.74, 6) is 1.61. The lowest BCUT2D eigenvalue weighted by molar-refractivity contribution is 0.0518. The average molecular weight is 298 g/mol. The van der Waals surface area contributed by atoms with Crippen LogP contribution in [0.1, 0.15) is 5.56 Å². The second-order valence-corrected chi connectivity index (χ2v) is 4.37. The first-order valence-electron chi connectivity index (χ1n) is 7.09. The molecule has 0 saturated carbocycles. The van der Waals surface area contributed by atoms with Crippen LogP contribution in [0.4, 0.5) is 0 Å². The van der Waals surface area contributed by atoms with Gasteiger partial charge in [-0.05, 0) is 6.07 Å². The third kappa shape index (κ3) is 7.29. The minimum absolute atomic E-state index is 0.547. The van der Waals surface area contributed by atoms with Crippen LogP contribution in [0.3, 0.4) is 0 Å². The number of hydrogen-bond acceptors (Lipinski definition) is 6. The van der Waals surface area contributed by atoms with Gasteiger partial charge in [-0.25, -0.2) is 0 Å². The maximum atomic E-state index is 5.43. The molecule has 1 aromatic carbocycles. The molecule has 1 aromatic rings. The first-order valence-corrected chi connectivity index (χ1v) is 7.09. The third-order valence-electron chi connectivity index (χ3n) is 2.87. The summed E-state index contributed by atoms with van der Waals surface area (Å²) in [4.78, 5) is 0. The Morgan fingerprint density at radius 3 is 2.43 bits per heavy atom. The van der Waals surface area contributed by atoms with Crippen molar-refractivity contribution in [3.05, 3.63) is 23.8 Å². The highest BCUT2D eigenvalue weighted by atomic mass is 16.5. The monoisotopic (exact) mass is 298 g/mol. The third-order valence-corrected chi connectivity index (χ3v) is 2.87. The predicted octanol–water partition coefficient (Wildman–Crippen LogP) is 0.785. The molecule has 0 amide bonds. The normalized spacial score (nSPS) is 10.6. The minimum Gasteiger partial charge on any atom is -0.497 e. The molecular weight excluding hydrogens is 272 g/mol. The molecule has 0 atom stereocenters. The van der Waals surface area contributed by atoms with E-state index >= 15 is 0 Å². The average Bonchev–Trinajstić information content (AvgIpc) is 2.53. The molecule has 0 aliphatic heterocycles. The van der Waals surface area contributed by atoms with Gasteiger partial charge in [0.05, 0.1) is 40.6 Å². The topological polar surface area (TPSA) is 75.0 Å². The van der Waals surface area contributed by atoms with Gasteiger partial charge in [0, 0.05) is 31.3 Å². The molecule has 120 valence electrons. The second kappa shape index (κ2) is 11.3. The van der Waals surface area contributed by atoms with Crippen molar-refractivity contribution < 1.29 is 18.9 Å². The van der Waals surface area contributed by atoms with Crippen LogP contribution in [-0.2, 0) is 16.0 Å². The predicted molar refractivity (Wildman–Crippen MR) is 81.9 cm³/mol. The van der Waals surface area contributed by atoms with Crippen molar-refractivity contribution in [2.24, 2.45) is 5.73 Å². The van der Waals surface area contributed by atoms with Gasteiger partial charge in [-0.2, -0.15) is 0 Å². The van der Waals surface area contributed by atoms with Gasteiger partial charge < -0.3 is 30.0 Å². The van der Waals surface area contributed by atoms with Gasteiger partial charge in [0.2, 0.25) is 0 Å². The summed E-state index contributed by atoms with van der Waals surface area (Å²) in [5, 5.41) is 3.31.